The lowest BCUT2D eigenvalue weighted by atomic mass is 10.2. The fourth-order valence-corrected chi connectivity index (χ4v) is 3.12. The molecule has 2 amide bonds. The van der Waals surface area contributed by atoms with Crippen molar-refractivity contribution in [1.82, 2.24) is 9.88 Å². The highest BCUT2D eigenvalue weighted by Crippen LogP contribution is 2.26. The molecule has 1 fully saturated rings. The van der Waals surface area contributed by atoms with Gasteiger partial charge in [-0.3, -0.25) is 5.32 Å². The second-order valence-electron chi connectivity index (χ2n) is 4.37. The van der Waals surface area contributed by atoms with E-state index >= 15 is 0 Å². The van der Waals surface area contributed by atoms with Crippen LogP contribution in [0.4, 0.5) is 9.93 Å². The van der Waals surface area contributed by atoms with Gasteiger partial charge in [-0.1, -0.05) is 0 Å². The predicted molar refractivity (Wildman–Crippen MR) is 75.0 cm³/mol. The molecule has 1 aliphatic rings. The van der Waals surface area contributed by atoms with Gasteiger partial charge in [0.1, 0.15) is 4.60 Å². The van der Waals surface area contributed by atoms with Gasteiger partial charge in [-0.25, -0.2) is 9.78 Å². The first kappa shape index (κ1) is 13.8. The summed E-state index contributed by atoms with van der Waals surface area (Å²) in [5.74, 6) is 0. The van der Waals surface area contributed by atoms with Crippen LogP contribution in [0.3, 0.4) is 0 Å². The standard InChI is InChI=1S/C11H16BrN3O2S/c1-7-9(12)13-10(18-7)14-11(17)15-5-2-3-8(16)4-6-15/h8,16H,2-6H2,1H3,(H,13,14,17). The topological polar surface area (TPSA) is 65.5 Å². The van der Waals surface area contributed by atoms with E-state index in [-0.39, 0.29) is 12.1 Å². The number of hydrogen-bond acceptors (Lipinski definition) is 4. The van der Waals surface area contributed by atoms with Gasteiger partial charge in [-0.05, 0) is 42.1 Å². The quantitative estimate of drug-likeness (QED) is 0.830. The van der Waals surface area contributed by atoms with Gasteiger partial charge in [0.2, 0.25) is 0 Å². The van der Waals surface area contributed by atoms with Crippen molar-refractivity contribution < 1.29 is 9.90 Å². The van der Waals surface area contributed by atoms with Gasteiger partial charge in [0, 0.05) is 18.0 Å². The van der Waals surface area contributed by atoms with E-state index in [9.17, 15) is 9.90 Å². The zero-order chi connectivity index (χ0) is 13.1. The molecule has 7 heteroatoms. The minimum absolute atomic E-state index is 0.134. The number of nitrogens with one attached hydrogen (secondary N) is 1. The molecule has 1 unspecified atom stereocenters. The number of urea groups is 1. The Morgan fingerprint density at radius 3 is 3.00 bits per heavy atom. The number of halogens is 1. The molecule has 1 aliphatic heterocycles. The van der Waals surface area contributed by atoms with Crippen LogP contribution in [0.25, 0.3) is 0 Å². The number of aliphatic hydroxyl groups excluding tert-OH is 1. The van der Waals surface area contributed by atoms with Crippen LogP contribution >= 0.6 is 27.3 Å². The molecule has 0 radical (unpaired) electrons. The Morgan fingerprint density at radius 1 is 1.56 bits per heavy atom. The van der Waals surface area contributed by atoms with E-state index in [1.54, 1.807) is 4.90 Å². The number of carbonyl (C=O) groups is 1. The molecule has 1 saturated heterocycles. The Labute approximate surface area is 118 Å². The van der Waals surface area contributed by atoms with Gasteiger partial charge in [0.25, 0.3) is 0 Å². The summed E-state index contributed by atoms with van der Waals surface area (Å²) in [6.07, 6.45) is 1.98. The minimum atomic E-state index is -0.279. The third-order valence-corrected chi connectivity index (χ3v) is 4.86. The average Bonchev–Trinajstić information content (AvgIpc) is 2.53. The van der Waals surface area contributed by atoms with E-state index in [4.69, 9.17) is 0 Å². The monoisotopic (exact) mass is 333 g/mol. The molecule has 2 heterocycles. The molecule has 0 aliphatic carbocycles. The van der Waals surface area contributed by atoms with Crippen molar-refractivity contribution in [3.05, 3.63) is 9.48 Å². The molecular weight excluding hydrogens is 318 g/mol. The highest BCUT2D eigenvalue weighted by atomic mass is 79.9. The molecule has 100 valence electrons. The van der Waals surface area contributed by atoms with E-state index in [0.29, 0.717) is 24.6 Å². The molecule has 0 aromatic carbocycles. The molecule has 1 atom stereocenters. The second-order valence-corrected chi connectivity index (χ2v) is 6.32. The van der Waals surface area contributed by atoms with Crippen molar-refractivity contribution in [2.75, 3.05) is 18.4 Å². The minimum Gasteiger partial charge on any atom is -0.393 e. The van der Waals surface area contributed by atoms with Crippen LogP contribution in [0.2, 0.25) is 0 Å². The molecule has 0 saturated carbocycles. The predicted octanol–water partition coefficient (Wildman–Crippen LogP) is 2.59. The molecule has 2 rings (SSSR count). The Kier molecular flexibility index (Phi) is 4.58. The highest BCUT2D eigenvalue weighted by molar-refractivity contribution is 9.10. The molecule has 0 spiro atoms. The Morgan fingerprint density at radius 2 is 2.33 bits per heavy atom. The molecule has 2 N–H and O–H groups in total. The van der Waals surface area contributed by atoms with E-state index in [1.165, 1.54) is 11.3 Å². The van der Waals surface area contributed by atoms with Gasteiger partial charge < -0.3 is 10.0 Å². The molecule has 5 nitrogen and oxygen atoms in total. The third kappa shape index (κ3) is 3.43. The maximum atomic E-state index is 12.0. The number of aromatic nitrogens is 1. The Bertz CT molecular complexity index is 418. The molecule has 18 heavy (non-hydrogen) atoms. The number of anilines is 1. The van der Waals surface area contributed by atoms with Gasteiger partial charge >= 0.3 is 6.03 Å². The first-order valence-electron chi connectivity index (χ1n) is 5.93. The fraction of sp³-hybridized carbons (Fsp3) is 0.636. The number of nitrogens with zero attached hydrogens (tertiary/aromatic N) is 2. The van der Waals surface area contributed by atoms with Crippen molar-refractivity contribution in [3.8, 4) is 0 Å². The van der Waals surface area contributed by atoms with Gasteiger partial charge in [-0.2, -0.15) is 0 Å². The molecule has 1 aromatic rings. The summed E-state index contributed by atoms with van der Waals surface area (Å²) in [6, 6.07) is -0.134. The van der Waals surface area contributed by atoms with Crippen LogP contribution < -0.4 is 5.32 Å². The number of hydrogen-bond donors (Lipinski definition) is 2. The number of aryl methyl sites for hydroxylation is 1. The summed E-state index contributed by atoms with van der Waals surface area (Å²) in [7, 11) is 0. The Balaban J connectivity index is 1.94. The average molecular weight is 334 g/mol. The first-order chi connectivity index (χ1) is 8.56. The lowest BCUT2D eigenvalue weighted by Gasteiger charge is -2.19. The van der Waals surface area contributed by atoms with Crippen molar-refractivity contribution >= 4 is 38.4 Å². The largest absolute Gasteiger partial charge is 0.393 e. The van der Waals surface area contributed by atoms with E-state index in [1.807, 2.05) is 6.92 Å². The SMILES string of the molecule is Cc1sc(NC(=O)N2CCCC(O)CC2)nc1Br. The summed E-state index contributed by atoms with van der Waals surface area (Å²) in [6.45, 7) is 3.23. The number of likely N-dealkylation sites (tertiary alicyclic amines) is 1. The zero-order valence-corrected chi connectivity index (χ0v) is 12.6. The lowest BCUT2D eigenvalue weighted by molar-refractivity contribution is 0.156. The molecule has 1 aromatic heterocycles. The number of rotatable bonds is 1. The summed E-state index contributed by atoms with van der Waals surface area (Å²) in [5, 5.41) is 12.9. The van der Waals surface area contributed by atoms with Crippen molar-refractivity contribution in [3.63, 3.8) is 0 Å². The van der Waals surface area contributed by atoms with Crippen molar-refractivity contribution in [2.24, 2.45) is 0 Å². The third-order valence-electron chi connectivity index (χ3n) is 2.94. The Hall–Kier alpha value is -0.660. The van der Waals surface area contributed by atoms with E-state index in [0.717, 1.165) is 22.3 Å². The summed E-state index contributed by atoms with van der Waals surface area (Å²) >= 11 is 4.77. The zero-order valence-electron chi connectivity index (χ0n) is 10.1. The van der Waals surface area contributed by atoms with E-state index < -0.39 is 0 Å². The van der Waals surface area contributed by atoms with Gasteiger partial charge in [0.15, 0.2) is 5.13 Å². The summed E-state index contributed by atoms with van der Waals surface area (Å²) < 4.78 is 0.772. The number of carbonyl (C=O) groups excluding carboxylic acids is 1. The van der Waals surface area contributed by atoms with Crippen LogP contribution in [0.15, 0.2) is 4.60 Å². The fourth-order valence-electron chi connectivity index (χ4n) is 1.88. The van der Waals surface area contributed by atoms with Crippen LogP contribution in [-0.4, -0.2) is 40.2 Å². The number of aliphatic hydroxyl groups is 1. The van der Waals surface area contributed by atoms with Crippen molar-refractivity contribution in [1.29, 1.82) is 0 Å². The van der Waals surface area contributed by atoms with E-state index in [2.05, 4.69) is 26.2 Å². The number of thiazole rings is 1. The first-order valence-corrected chi connectivity index (χ1v) is 7.54. The van der Waals surface area contributed by atoms with Crippen molar-refractivity contribution in [2.45, 2.75) is 32.3 Å². The summed E-state index contributed by atoms with van der Waals surface area (Å²) in [4.78, 5) is 19.0. The van der Waals surface area contributed by atoms with Crippen LogP contribution in [-0.2, 0) is 0 Å². The van der Waals surface area contributed by atoms with Gasteiger partial charge in [-0.15, -0.1) is 11.3 Å². The maximum Gasteiger partial charge on any atom is 0.323 e. The second kappa shape index (κ2) is 5.99. The van der Waals surface area contributed by atoms with Gasteiger partial charge in [0.05, 0.1) is 6.10 Å². The normalized spacial score (nSPS) is 20.6. The molecule has 0 bridgehead atoms. The van der Waals surface area contributed by atoms with Crippen LogP contribution in [0.5, 0.6) is 0 Å². The lowest BCUT2D eigenvalue weighted by Crippen LogP contribution is -2.35. The van der Waals surface area contributed by atoms with Crippen LogP contribution in [0, 0.1) is 6.92 Å². The maximum absolute atomic E-state index is 12.0. The number of amides is 2. The smallest absolute Gasteiger partial charge is 0.323 e. The summed E-state index contributed by atoms with van der Waals surface area (Å²) in [5.41, 5.74) is 0. The molecular formula is C11H16BrN3O2S. The van der Waals surface area contributed by atoms with Crippen LogP contribution in [0.1, 0.15) is 24.1 Å². The highest BCUT2D eigenvalue weighted by Gasteiger charge is 2.20.